The molecule has 2 aromatic heterocycles. The molecule has 0 saturated carbocycles. The largest absolute Gasteiger partial charge is 0.459 e. The van der Waals surface area contributed by atoms with Gasteiger partial charge in [-0.15, -0.1) is 11.3 Å². The molecule has 0 spiro atoms. The molecule has 190 valence electrons. The van der Waals surface area contributed by atoms with Gasteiger partial charge in [-0.1, -0.05) is 51.1 Å². The van der Waals surface area contributed by atoms with Crippen LogP contribution in [0.4, 0.5) is 5.00 Å². The van der Waals surface area contributed by atoms with Crippen molar-refractivity contribution >= 4 is 28.2 Å². The topological polar surface area (TPSA) is 65.8 Å². The lowest BCUT2D eigenvalue weighted by atomic mass is 9.72. The number of rotatable bonds is 5. The highest BCUT2D eigenvalue weighted by Crippen LogP contribution is 2.44. The van der Waals surface area contributed by atoms with Crippen LogP contribution in [0, 0.1) is 11.3 Å². The SMILES string of the molecule is CC(C)(C)C1CCc2c(sc(NC(=O)c3ccco3)c2C(=O)N2CCN(Cc3ccccc3)CC2)C1. The number of nitrogens with zero attached hydrogens (tertiary/aromatic N) is 2. The lowest BCUT2D eigenvalue weighted by molar-refractivity contribution is 0.0628. The molecule has 5 rings (SSSR count). The molecule has 7 heteroatoms. The second-order valence-electron chi connectivity index (χ2n) is 11.0. The predicted octanol–water partition coefficient (Wildman–Crippen LogP) is 5.70. The monoisotopic (exact) mass is 505 g/mol. The Balaban J connectivity index is 1.36. The van der Waals surface area contributed by atoms with Crippen molar-refractivity contribution in [3.05, 3.63) is 76.1 Å². The fourth-order valence-electron chi connectivity index (χ4n) is 5.32. The maximum absolute atomic E-state index is 13.9. The first-order chi connectivity index (χ1) is 17.3. The summed E-state index contributed by atoms with van der Waals surface area (Å²) in [5.41, 5.74) is 3.32. The van der Waals surface area contributed by atoms with E-state index < -0.39 is 0 Å². The van der Waals surface area contributed by atoms with Crippen LogP contribution in [0.1, 0.15) is 64.1 Å². The molecule has 36 heavy (non-hydrogen) atoms. The number of carbonyl (C=O) groups is 2. The summed E-state index contributed by atoms with van der Waals surface area (Å²) in [5, 5.41) is 3.67. The van der Waals surface area contributed by atoms with Gasteiger partial charge in [0, 0.05) is 37.6 Å². The zero-order valence-corrected chi connectivity index (χ0v) is 22.2. The minimum absolute atomic E-state index is 0.0378. The molecule has 3 heterocycles. The Bertz CT molecular complexity index is 1200. The number of piperazine rings is 1. The van der Waals surface area contributed by atoms with Crippen LogP contribution < -0.4 is 5.32 Å². The van der Waals surface area contributed by atoms with E-state index in [2.05, 4.69) is 55.3 Å². The number of hydrogen-bond acceptors (Lipinski definition) is 5. The Hall–Kier alpha value is -2.90. The van der Waals surface area contributed by atoms with Gasteiger partial charge in [0.05, 0.1) is 11.8 Å². The van der Waals surface area contributed by atoms with Gasteiger partial charge < -0.3 is 14.6 Å². The third-order valence-corrected chi connectivity index (χ3v) is 8.75. The number of carbonyl (C=O) groups excluding carboxylic acids is 2. The Morgan fingerprint density at radius 2 is 1.81 bits per heavy atom. The van der Waals surface area contributed by atoms with Gasteiger partial charge in [0.25, 0.3) is 11.8 Å². The van der Waals surface area contributed by atoms with E-state index in [0.717, 1.165) is 44.5 Å². The number of benzene rings is 1. The highest BCUT2D eigenvalue weighted by atomic mass is 32.1. The summed E-state index contributed by atoms with van der Waals surface area (Å²) in [6, 6.07) is 13.8. The van der Waals surface area contributed by atoms with Gasteiger partial charge >= 0.3 is 0 Å². The Kier molecular flexibility index (Phi) is 7.04. The van der Waals surface area contributed by atoms with E-state index in [9.17, 15) is 9.59 Å². The van der Waals surface area contributed by atoms with Gasteiger partial charge in [0.1, 0.15) is 5.00 Å². The molecular formula is C29H35N3O3S. The van der Waals surface area contributed by atoms with Crippen LogP contribution in [-0.4, -0.2) is 47.8 Å². The van der Waals surface area contributed by atoms with E-state index in [-0.39, 0.29) is 23.0 Å². The Morgan fingerprint density at radius 3 is 2.47 bits per heavy atom. The van der Waals surface area contributed by atoms with Crippen molar-refractivity contribution in [3.8, 4) is 0 Å². The van der Waals surface area contributed by atoms with Gasteiger partial charge in [0.2, 0.25) is 0 Å². The van der Waals surface area contributed by atoms with E-state index in [1.165, 1.54) is 16.7 Å². The standard InChI is InChI=1S/C29H35N3O3S/c1-29(2,3)21-11-12-22-24(18-21)36-27(30-26(33)23-10-7-17-35-23)25(22)28(34)32-15-13-31(14-16-32)19-20-8-5-4-6-9-20/h4-10,17,21H,11-16,18-19H2,1-3H3,(H,30,33). The van der Waals surface area contributed by atoms with Crippen molar-refractivity contribution in [2.45, 2.75) is 46.6 Å². The molecule has 1 saturated heterocycles. The number of hydrogen-bond donors (Lipinski definition) is 1. The molecule has 1 aliphatic heterocycles. The third-order valence-electron chi connectivity index (χ3n) is 7.58. The second kappa shape index (κ2) is 10.2. The number of anilines is 1. The number of thiophene rings is 1. The lowest BCUT2D eigenvalue weighted by Crippen LogP contribution is -2.48. The van der Waals surface area contributed by atoms with Crippen LogP contribution in [0.5, 0.6) is 0 Å². The highest BCUT2D eigenvalue weighted by Gasteiger charge is 2.36. The summed E-state index contributed by atoms with van der Waals surface area (Å²) in [4.78, 5) is 32.4. The minimum atomic E-state index is -0.312. The van der Waals surface area contributed by atoms with E-state index in [1.807, 2.05) is 11.0 Å². The molecule has 1 atom stereocenters. The maximum atomic E-state index is 13.9. The van der Waals surface area contributed by atoms with Crippen LogP contribution in [0.15, 0.2) is 53.1 Å². The summed E-state index contributed by atoms with van der Waals surface area (Å²) in [5.74, 6) is 0.534. The molecular weight excluding hydrogens is 470 g/mol. The van der Waals surface area contributed by atoms with Gasteiger partial charge in [-0.05, 0) is 53.9 Å². The summed E-state index contributed by atoms with van der Waals surface area (Å²) < 4.78 is 5.30. The van der Waals surface area contributed by atoms with Crippen molar-refractivity contribution in [3.63, 3.8) is 0 Å². The summed E-state index contributed by atoms with van der Waals surface area (Å²) in [6.07, 6.45) is 4.37. The third kappa shape index (κ3) is 5.27. The molecule has 1 aliphatic carbocycles. The van der Waals surface area contributed by atoms with Crippen molar-refractivity contribution < 1.29 is 14.0 Å². The smallest absolute Gasteiger partial charge is 0.291 e. The maximum Gasteiger partial charge on any atom is 0.291 e. The average molecular weight is 506 g/mol. The van der Waals surface area contributed by atoms with E-state index >= 15 is 0 Å². The molecule has 1 fully saturated rings. The van der Waals surface area contributed by atoms with E-state index in [1.54, 1.807) is 23.5 Å². The fourth-order valence-corrected chi connectivity index (χ4v) is 6.64. The minimum Gasteiger partial charge on any atom is -0.459 e. The Morgan fingerprint density at radius 1 is 1.06 bits per heavy atom. The molecule has 0 bridgehead atoms. The van der Waals surface area contributed by atoms with Gasteiger partial charge in [0.15, 0.2) is 5.76 Å². The first kappa shape index (κ1) is 24.8. The molecule has 2 aliphatic rings. The van der Waals surface area contributed by atoms with Crippen molar-refractivity contribution in [1.82, 2.24) is 9.80 Å². The summed E-state index contributed by atoms with van der Waals surface area (Å²) >= 11 is 1.57. The molecule has 2 amide bonds. The highest BCUT2D eigenvalue weighted by molar-refractivity contribution is 7.17. The van der Waals surface area contributed by atoms with Crippen LogP contribution >= 0.6 is 11.3 Å². The van der Waals surface area contributed by atoms with Crippen LogP contribution in [0.25, 0.3) is 0 Å². The van der Waals surface area contributed by atoms with E-state index in [4.69, 9.17) is 4.42 Å². The summed E-state index contributed by atoms with van der Waals surface area (Å²) in [6.45, 7) is 10.8. The zero-order chi connectivity index (χ0) is 25.3. The molecule has 1 N–H and O–H groups in total. The molecule has 0 radical (unpaired) electrons. The molecule has 6 nitrogen and oxygen atoms in total. The van der Waals surface area contributed by atoms with Gasteiger partial charge in [-0.3, -0.25) is 14.5 Å². The number of furan rings is 1. The van der Waals surface area contributed by atoms with Gasteiger partial charge in [-0.2, -0.15) is 0 Å². The fraction of sp³-hybridized carbons (Fsp3) is 0.448. The van der Waals surface area contributed by atoms with Crippen LogP contribution in [0.3, 0.4) is 0 Å². The summed E-state index contributed by atoms with van der Waals surface area (Å²) in [7, 11) is 0. The lowest BCUT2D eigenvalue weighted by Gasteiger charge is -2.36. The van der Waals surface area contributed by atoms with Gasteiger partial charge in [-0.25, -0.2) is 0 Å². The average Bonchev–Trinajstić information content (AvgIpc) is 3.52. The van der Waals surface area contributed by atoms with E-state index in [0.29, 0.717) is 29.6 Å². The van der Waals surface area contributed by atoms with Crippen LogP contribution in [-0.2, 0) is 19.4 Å². The quantitative estimate of drug-likeness (QED) is 0.483. The zero-order valence-electron chi connectivity index (χ0n) is 21.4. The predicted molar refractivity (Wildman–Crippen MR) is 144 cm³/mol. The first-order valence-electron chi connectivity index (χ1n) is 12.8. The van der Waals surface area contributed by atoms with Crippen LogP contribution in [0.2, 0.25) is 0 Å². The second-order valence-corrected chi connectivity index (χ2v) is 12.1. The Labute approximate surface area is 217 Å². The number of amides is 2. The molecule has 3 aromatic rings. The molecule has 1 aromatic carbocycles. The number of nitrogens with one attached hydrogen (secondary N) is 1. The van der Waals surface area contributed by atoms with Crippen molar-refractivity contribution in [1.29, 1.82) is 0 Å². The number of fused-ring (bicyclic) bond motifs is 1. The van der Waals surface area contributed by atoms with Crippen molar-refractivity contribution in [2.75, 3.05) is 31.5 Å². The normalized spacial score (nSPS) is 18.6. The molecule has 1 unspecified atom stereocenters. The van der Waals surface area contributed by atoms with Crippen molar-refractivity contribution in [2.24, 2.45) is 11.3 Å². The first-order valence-corrected chi connectivity index (χ1v) is 13.7.